The number of nitrogens with one attached hydrogen (secondary N) is 2. The Balaban J connectivity index is 1.82. The molecule has 2 N–H and O–H groups in total. The third-order valence-electron chi connectivity index (χ3n) is 4.21. The fourth-order valence-electron chi connectivity index (χ4n) is 2.93. The predicted octanol–water partition coefficient (Wildman–Crippen LogP) is 5.09. The fourth-order valence-corrected chi connectivity index (χ4v) is 2.93. The smallest absolute Gasteiger partial charge is 0.264 e. The maximum absolute atomic E-state index is 14.1. The fraction of sp³-hybridized carbons (Fsp3) is 0.0500. The van der Waals surface area contributed by atoms with Gasteiger partial charge in [-0.05, 0) is 42.5 Å². The van der Waals surface area contributed by atoms with Crippen LogP contribution in [-0.2, 0) is 0 Å². The zero-order valence-electron chi connectivity index (χ0n) is 14.6. The summed E-state index contributed by atoms with van der Waals surface area (Å²) in [4.78, 5) is 23.4. The molecule has 0 unspecified atom stereocenters. The van der Waals surface area contributed by atoms with Gasteiger partial charge in [-0.2, -0.15) is 0 Å². The van der Waals surface area contributed by atoms with Gasteiger partial charge >= 0.3 is 0 Å². The number of anilines is 1. The number of imidazole rings is 1. The Bertz CT molecular complexity index is 1210. The van der Waals surface area contributed by atoms with E-state index in [0.717, 1.165) is 30.3 Å². The molecule has 0 fully saturated rings. The molecule has 0 aliphatic carbocycles. The number of halogens is 4. The molecular weight excluding hydrogens is 388 g/mol. The highest BCUT2D eigenvalue weighted by molar-refractivity contribution is 6.11. The second-order valence-corrected chi connectivity index (χ2v) is 6.14. The lowest BCUT2D eigenvalue weighted by Gasteiger charge is -2.06. The molecule has 0 saturated carbocycles. The van der Waals surface area contributed by atoms with Gasteiger partial charge in [0.25, 0.3) is 12.3 Å². The predicted molar refractivity (Wildman–Crippen MR) is 98.6 cm³/mol. The molecule has 4 rings (SSSR count). The Kier molecular flexibility index (Phi) is 4.71. The number of hydrogen-bond donors (Lipinski definition) is 2. The van der Waals surface area contributed by atoms with Crippen LogP contribution >= 0.6 is 0 Å². The zero-order valence-corrected chi connectivity index (χ0v) is 14.6. The summed E-state index contributed by atoms with van der Waals surface area (Å²) in [6.45, 7) is 0. The number of fused-ring (bicyclic) bond motifs is 1. The Labute approximate surface area is 161 Å². The van der Waals surface area contributed by atoms with Crippen molar-refractivity contribution < 1.29 is 22.4 Å². The maximum atomic E-state index is 14.1. The molecule has 9 heteroatoms. The number of H-pyrrole nitrogens is 1. The van der Waals surface area contributed by atoms with E-state index in [2.05, 4.69) is 20.3 Å². The van der Waals surface area contributed by atoms with Crippen molar-refractivity contribution in [3.8, 4) is 11.4 Å². The van der Waals surface area contributed by atoms with Crippen LogP contribution in [-0.4, -0.2) is 20.9 Å². The third-order valence-corrected chi connectivity index (χ3v) is 4.21. The van der Waals surface area contributed by atoms with Gasteiger partial charge in [0.05, 0.1) is 11.1 Å². The Morgan fingerprint density at radius 1 is 1.03 bits per heavy atom. The van der Waals surface area contributed by atoms with Crippen LogP contribution < -0.4 is 5.32 Å². The number of nitrogens with zero attached hydrogens (tertiary/aromatic N) is 2. The number of hydrogen-bond acceptors (Lipinski definition) is 3. The minimum Gasteiger partial charge on any atom is -0.338 e. The molecule has 0 radical (unpaired) electrons. The molecule has 29 heavy (non-hydrogen) atoms. The molecule has 0 spiro atoms. The van der Waals surface area contributed by atoms with E-state index in [4.69, 9.17) is 0 Å². The van der Waals surface area contributed by atoms with Crippen molar-refractivity contribution in [2.45, 2.75) is 6.43 Å². The molecule has 0 bridgehead atoms. The van der Waals surface area contributed by atoms with Crippen molar-refractivity contribution in [1.82, 2.24) is 15.0 Å². The summed E-state index contributed by atoms with van der Waals surface area (Å²) in [7, 11) is 0. The molecule has 4 aromatic rings. The number of pyridine rings is 1. The first-order valence-electron chi connectivity index (χ1n) is 8.42. The summed E-state index contributed by atoms with van der Waals surface area (Å²) >= 11 is 0. The van der Waals surface area contributed by atoms with Crippen LogP contribution in [0.3, 0.4) is 0 Å². The highest BCUT2D eigenvalue weighted by Gasteiger charge is 2.21. The molecule has 2 aromatic carbocycles. The molecule has 5 nitrogen and oxygen atoms in total. The number of rotatable bonds is 4. The van der Waals surface area contributed by atoms with E-state index in [1.54, 1.807) is 18.2 Å². The largest absolute Gasteiger partial charge is 0.338 e. The summed E-state index contributed by atoms with van der Waals surface area (Å²) < 4.78 is 54.3. The standard InChI is InChI=1S/C20H12F4N4O/c21-10-4-5-12(18(23)24)13(7-10)19-26-15-9-11(22)8-14(17(15)28-19)20(29)27-16-3-1-2-6-25-16/h1-9,18H,(H,26,28)(H,25,27,29). The number of amides is 1. The van der Waals surface area contributed by atoms with E-state index >= 15 is 0 Å². The van der Waals surface area contributed by atoms with Crippen LogP contribution in [0.1, 0.15) is 22.3 Å². The van der Waals surface area contributed by atoms with E-state index < -0.39 is 29.5 Å². The number of aromatic amines is 1. The highest BCUT2D eigenvalue weighted by Crippen LogP contribution is 2.32. The van der Waals surface area contributed by atoms with Crippen molar-refractivity contribution in [2.24, 2.45) is 0 Å². The van der Waals surface area contributed by atoms with Gasteiger partial charge in [0.15, 0.2) is 0 Å². The summed E-state index contributed by atoms with van der Waals surface area (Å²) in [6, 6.07) is 9.70. The Hall–Kier alpha value is -3.75. The number of benzene rings is 2. The van der Waals surface area contributed by atoms with E-state index in [1.807, 2.05) is 0 Å². The summed E-state index contributed by atoms with van der Waals surface area (Å²) in [5, 5.41) is 2.51. The lowest BCUT2D eigenvalue weighted by atomic mass is 10.1. The maximum Gasteiger partial charge on any atom is 0.264 e. The third kappa shape index (κ3) is 3.66. The van der Waals surface area contributed by atoms with Crippen molar-refractivity contribution >= 4 is 22.8 Å². The first kappa shape index (κ1) is 18.6. The van der Waals surface area contributed by atoms with Gasteiger partial charge in [-0.25, -0.2) is 27.5 Å². The Morgan fingerprint density at radius 3 is 2.59 bits per heavy atom. The summed E-state index contributed by atoms with van der Waals surface area (Å²) in [5.74, 6) is -2.00. The average Bonchev–Trinajstić information content (AvgIpc) is 3.11. The van der Waals surface area contributed by atoms with Crippen LogP contribution in [0.4, 0.5) is 23.4 Å². The number of alkyl halides is 2. The van der Waals surface area contributed by atoms with Gasteiger partial charge in [-0.15, -0.1) is 0 Å². The zero-order chi connectivity index (χ0) is 20.5. The van der Waals surface area contributed by atoms with Crippen LogP contribution in [0.15, 0.2) is 54.7 Å². The molecule has 0 saturated heterocycles. The van der Waals surface area contributed by atoms with Gasteiger partial charge in [0.2, 0.25) is 0 Å². The minimum absolute atomic E-state index is 0.0549. The molecule has 2 aromatic heterocycles. The van der Waals surface area contributed by atoms with Crippen molar-refractivity contribution in [3.63, 3.8) is 0 Å². The monoisotopic (exact) mass is 400 g/mol. The second-order valence-electron chi connectivity index (χ2n) is 6.14. The quantitative estimate of drug-likeness (QED) is 0.469. The van der Waals surface area contributed by atoms with Crippen LogP contribution in [0.2, 0.25) is 0 Å². The number of carbonyl (C=O) groups is 1. The van der Waals surface area contributed by atoms with Gasteiger partial charge in [-0.3, -0.25) is 4.79 Å². The van der Waals surface area contributed by atoms with Crippen LogP contribution in [0, 0.1) is 11.6 Å². The molecule has 1 amide bonds. The topological polar surface area (TPSA) is 70.7 Å². The first-order valence-corrected chi connectivity index (χ1v) is 8.42. The molecule has 0 atom stereocenters. The normalized spacial score (nSPS) is 11.2. The van der Waals surface area contributed by atoms with Gasteiger partial charge in [-0.1, -0.05) is 6.07 Å². The highest BCUT2D eigenvalue weighted by atomic mass is 19.3. The SMILES string of the molecule is O=C(Nc1ccccn1)c1cc(F)cc2[nH]c(-c3cc(F)ccc3C(F)F)nc12. The second kappa shape index (κ2) is 7.34. The van der Waals surface area contributed by atoms with Gasteiger partial charge in [0.1, 0.15) is 28.8 Å². The van der Waals surface area contributed by atoms with Gasteiger partial charge < -0.3 is 10.3 Å². The van der Waals surface area contributed by atoms with E-state index in [1.165, 1.54) is 6.20 Å². The van der Waals surface area contributed by atoms with Crippen LogP contribution in [0.25, 0.3) is 22.4 Å². The average molecular weight is 400 g/mol. The lowest BCUT2D eigenvalue weighted by molar-refractivity contribution is 0.102. The van der Waals surface area contributed by atoms with E-state index in [9.17, 15) is 22.4 Å². The number of carbonyl (C=O) groups excluding carboxylic acids is 1. The molecule has 0 aliphatic rings. The van der Waals surface area contributed by atoms with Crippen molar-refractivity contribution in [2.75, 3.05) is 5.32 Å². The van der Waals surface area contributed by atoms with E-state index in [-0.39, 0.29) is 33.8 Å². The van der Waals surface area contributed by atoms with Crippen molar-refractivity contribution in [1.29, 1.82) is 0 Å². The number of aromatic nitrogens is 3. The minimum atomic E-state index is -2.87. The molecule has 2 heterocycles. The first-order chi connectivity index (χ1) is 13.9. The molecule has 146 valence electrons. The summed E-state index contributed by atoms with van der Waals surface area (Å²) in [6.07, 6.45) is -1.40. The van der Waals surface area contributed by atoms with Crippen molar-refractivity contribution in [3.05, 3.63) is 77.5 Å². The molecular formula is C20H12F4N4O. The van der Waals surface area contributed by atoms with E-state index in [0.29, 0.717) is 0 Å². The Morgan fingerprint density at radius 2 is 1.86 bits per heavy atom. The van der Waals surface area contributed by atoms with Gasteiger partial charge in [0, 0.05) is 17.3 Å². The lowest BCUT2D eigenvalue weighted by Crippen LogP contribution is -2.13. The van der Waals surface area contributed by atoms with Crippen LogP contribution in [0.5, 0.6) is 0 Å². The summed E-state index contributed by atoms with van der Waals surface area (Å²) in [5.41, 5.74) is -0.573. The molecule has 0 aliphatic heterocycles.